The highest BCUT2D eigenvalue weighted by Crippen LogP contribution is 2.27. The van der Waals surface area contributed by atoms with Gasteiger partial charge in [-0.25, -0.2) is 9.97 Å². The molecule has 0 aliphatic heterocycles. The van der Waals surface area contributed by atoms with Gasteiger partial charge in [0.15, 0.2) is 4.34 Å². The molecule has 0 aliphatic carbocycles. The highest BCUT2D eigenvalue weighted by molar-refractivity contribution is 8.00. The van der Waals surface area contributed by atoms with E-state index in [2.05, 4.69) is 9.97 Å². The smallest absolute Gasteiger partial charge is 0.156 e. The maximum Gasteiger partial charge on any atom is 0.156 e. The van der Waals surface area contributed by atoms with Crippen molar-refractivity contribution < 1.29 is 5.11 Å². The van der Waals surface area contributed by atoms with E-state index in [4.69, 9.17) is 0 Å². The first-order valence-electron chi connectivity index (χ1n) is 4.47. The Morgan fingerprint density at radius 3 is 2.80 bits per heavy atom. The summed E-state index contributed by atoms with van der Waals surface area (Å²) in [5.41, 5.74) is 0.832. The van der Waals surface area contributed by atoms with Crippen LogP contribution in [0.25, 0.3) is 0 Å². The minimum Gasteiger partial charge on any atom is -0.389 e. The van der Waals surface area contributed by atoms with Crippen LogP contribution in [0.2, 0.25) is 0 Å². The van der Waals surface area contributed by atoms with Crippen molar-refractivity contribution in [3.05, 3.63) is 35.5 Å². The molecule has 5 heteroatoms. The first-order valence-corrected chi connectivity index (χ1v) is 6.16. The Hall–Kier alpha value is -0.910. The summed E-state index contributed by atoms with van der Waals surface area (Å²) in [5.74, 6) is 0. The summed E-state index contributed by atoms with van der Waals surface area (Å²) in [6.07, 6.45) is 3.01. The van der Waals surface area contributed by atoms with Crippen LogP contribution < -0.4 is 0 Å². The maximum absolute atomic E-state index is 9.31. The molecule has 1 N–H and O–H groups in total. The van der Waals surface area contributed by atoms with E-state index in [1.165, 1.54) is 11.8 Å². The largest absolute Gasteiger partial charge is 0.389 e. The van der Waals surface area contributed by atoms with Crippen molar-refractivity contribution >= 4 is 23.1 Å². The number of aliphatic hydroxyl groups excluding tert-OH is 1. The molecular weight excluding hydrogens is 228 g/mol. The van der Waals surface area contributed by atoms with Crippen LogP contribution in [0.1, 0.15) is 18.6 Å². The van der Waals surface area contributed by atoms with Crippen LogP contribution in [0.4, 0.5) is 0 Å². The van der Waals surface area contributed by atoms with Crippen LogP contribution in [-0.4, -0.2) is 15.1 Å². The van der Waals surface area contributed by atoms with Gasteiger partial charge in [0.25, 0.3) is 0 Å². The third kappa shape index (κ3) is 2.77. The molecule has 2 heterocycles. The lowest BCUT2D eigenvalue weighted by Gasteiger charge is -2.03. The van der Waals surface area contributed by atoms with Gasteiger partial charge in [0.2, 0.25) is 0 Å². The minimum atomic E-state index is -0.462. The molecular formula is C10H10N2OS2. The van der Waals surface area contributed by atoms with Crippen LogP contribution in [0.15, 0.2) is 39.3 Å². The summed E-state index contributed by atoms with van der Waals surface area (Å²) in [7, 11) is 0. The van der Waals surface area contributed by atoms with Gasteiger partial charge in [0.05, 0.1) is 6.10 Å². The second-order valence-electron chi connectivity index (χ2n) is 3.01. The quantitative estimate of drug-likeness (QED) is 0.893. The third-order valence-corrected chi connectivity index (χ3v) is 3.68. The summed E-state index contributed by atoms with van der Waals surface area (Å²) < 4.78 is 0.979. The van der Waals surface area contributed by atoms with Gasteiger partial charge in [-0.1, -0.05) is 6.07 Å². The molecule has 0 saturated heterocycles. The molecule has 78 valence electrons. The highest BCUT2D eigenvalue weighted by Gasteiger charge is 2.03. The summed E-state index contributed by atoms with van der Waals surface area (Å²) >= 11 is 3.12. The summed E-state index contributed by atoms with van der Waals surface area (Å²) in [6.45, 7) is 1.73. The van der Waals surface area contributed by atoms with E-state index in [1.807, 2.05) is 17.5 Å². The summed E-state index contributed by atoms with van der Waals surface area (Å²) in [5, 5.41) is 12.1. The van der Waals surface area contributed by atoms with Gasteiger partial charge in [-0.3, -0.25) is 0 Å². The highest BCUT2D eigenvalue weighted by atomic mass is 32.2. The van der Waals surface area contributed by atoms with Crippen molar-refractivity contribution in [1.29, 1.82) is 0 Å². The number of rotatable bonds is 3. The lowest BCUT2D eigenvalue weighted by Crippen LogP contribution is -1.91. The molecule has 0 radical (unpaired) electrons. The Kier molecular flexibility index (Phi) is 3.35. The van der Waals surface area contributed by atoms with Gasteiger partial charge in [0, 0.05) is 17.8 Å². The third-order valence-electron chi connectivity index (χ3n) is 1.84. The van der Waals surface area contributed by atoms with E-state index < -0.39 is 6.10 Å². The van der Waals surface area contributed by atoms with Crippen molar-refractivity contribution in [2.75, 3.05) is 0 Å². The first-order chi connectivity index (χ1) is 7.25. The van der Waals surface area contributed by atoms with Crippen molar-refractivity contribution in [2.45, 2.75) is 22.4 Å². The average Bonchev–Trinajstić information content (AvgIpc) is 2.71. The van der Waals surface area contributed by atoms with Crippen LogP contribution in [0.3, 0.4) is 0 Å². The Bertz CT molecular complexity index is 411. The molecule has 3 nitrogen and oxygen atoms in total. The normalized spacial score (nSPS) is 12.7. The Labute approximate surface area is 96.2 Å². The zero-order valence-electron chi connectivity index (χ0n) is 8.12. The molecule has 0 aromatic carbocycles. The molecule has 0 bridgehead atoms. The molecule has 0 saturated carbocycles. The second kappa shape index (κ2) is 4.74. The Balaban J connectivity index is 2.11. The van der Waals surface area contributed by atoms with E-state index in [0.29, 0.717) is 0 Å². The molecule has 0 unspecified atom stereocenters. The van der Waals surface area contributed by atoms with Crippen molar-refractivity contribution in [1.82, 2.24) is 9.97 Å². The Morgan fingerprint density at radius 2 is 2.27 bits per heavy atom. The van der Waals surface area contributed by atoms with Gasteiger partial charge in [-0.2, -0.15) is 0 Å². The number of hydrogen-bond acceptors (Lipinski definition) is 5. The van der Waals surface area contributed by atoms with Crippen molar-refractivity contribution in [2.24, 2.45) is 0 Å². The molecule has 0 spiro atoms. The molecule has 2 aromatic heterocycles. The lowest BCUT2D eigenvalue weighted by atomic mass is 10.2. The molecule has 2 aromatic rings. The van der Waals surface area contributed by atoms with Crippen molar-refractivity contribution in [3.63, 3.8) is 0 Å². The number of thiazole rings is 1. The van der Waals surface area contributed by atoms with E-state index in [9.17, 15) is 5.11 Å². The zero-order chi connectivity index (χ0) is 10.7. The summed E-state index contributed by atoms with van der Waals surface area (Å²) in [6, 6.07) is 3.78. The lowest BCUT2D eigenvalue weighted by molar-refractivity contribution is 0.198. The predicted octanol–water partition coefficient (Wildman–Crippen LogP) is 2.74. The molecule has 2 rings (SSSR count). The Morgan fingerprint density at radius 1 is 1.40 bits per heavy atom. The maximum atomic E-state index is 9.31. The standard InChI is InChI=1S/C10H10N2OS2/c1-7(13)8-2-3-9(12-6-8)15-10-11-4-5-14-10/h2-7,13H,1H3/t7-/m1/s1. The monoisotopic (exact) mass is 238 g/mol. The molecule has 0 amide bonds. The predicted molar refractivity (Wildman–Crippen MR) is 61.1 cm³/mol. The van der Waals surface area contributed by atoms with Gasteiger partial charge < -0.3 is 5.11 Å². The fourth-order valence-electron chi connectivity index (χ4n) is 1.05. The fourth-order valence-corrected chi connectivity index (χ4v) is 2.56. The second-order valence-corrected chi connectivity index (χ2v) is 5.17. The number of aromatic nitrogens is 2. The van der Waals surface area contributed by atoms with E-state index in [-0.39, 0.29) is 0 Å². The number of nitrogens with zero attached hydrogens (tertiary/aromatic N) is 2. The van der Waals surface area contributed by atoms with Crippen molar-refractivity contribution in [3.8, 4) is 0 Å². The molecule has 0 aliphatic rings. The van der Waals surface area contributed by atoms with Gasteiger partial charge in [-0.15, -0.1) is 11.3 Å². The number of aliphatic hydroxyl groups is 1. The number of pyridine rings is 1. The number of hydrogen-bond donors (Lipinski definition) is 1. The molecule has 0 fully saturated rings. The molecule has 15 heavy (non-hydrogen) atoms. The van der Waals surface area contributed by atoms with Crippen LogP contribution in [0.5, 0.6) is 0 Å². The topological polar surface area (TPSA) is 46.0 Å². The van der Waals surface area contributed by atoms with Crippen LogP contribution >= 0.6 is 23.1 Å². The van der Waals surface area contributed by atoms with E-state index >= 15 is 0 Å². The van der Waals surface area contributed by atoms with E-state index in [0.717, 1.165) is 14.9 Å². The zero-order valence-corrected chi connectivity index (χ0v) is 9.76. The van der Waals surface area contributed by atoms with Gasteiger partial charge in [0.1, 0.15) is 5.03 Å². The first kappa shape index (κ1) is 10.6. The van der Waals surface area contributed by atoms with Crippen LogP contribution in [0, 0.1) is 0 Å². The van der Waals surface area contributed by atoms with Crippen LogP contribution in [-0.2, 0) is 0 Å². The van der Waals surface area contributed by atoms with E-state index in [1.54, 1.807) is 30.7 Å². The molecule has 1 atom stereocenters. The van der Waals surface area contributed by atoms with Gasteiger partial charge in [-0.05, 0) is 30.3 Å². The average molecular weight is 238 g/mol. The minimum absolute atomic E-state index is 0.462. The fraction of sp³-hybridized carbons (Fsp3) is 0.200. The summed E-state index contributed by atoms with van der Waals surface area (Å²) in [4.78, 5) is 8.41. The van der Waals surface area contributed by atoms with Gasteiger partial charge >= 0.3 is 0 Å². The SMILES string of the molecule is C[C@@H](O)c1ccc(Sc2nccs2)nc1.